The fourth-order valence-electron chi connectivity index (χ4n) is 3.13. The van der Waals surface area contributed by atoms with Gasteiger partial charge in [0.2, 0.25) is 5.91 Å². The molecule has 1 aromatic rings. The van der Waals surface area contributed by atoms with E-state index >= 15 is 0 Å². The summed E-state index contributed by atoms with van der Waals surface area (Å²) in [5.41, 5.74) is 0.847. The molecule has 1 saturated carbocycles. The number of benzene rings is 1. The number of carbonyl (C=O) groups is 1. The molecule has 1 aliphatic carbocycles. The van der Waals surface area contributed by atoms with E-state index in [4.69, 9.17) is 4.74 Å². The van der Waals surface area contributed by atoms with E-state index in [-0.39, 0.29) is 11.8 Å². The van der Waals surface area contributed by atoms with Gasteiger partial charge in [-0.3, -0.25) is 4.79 Å². The number of rotatable bonds is 5. The summed E-state index contributed by atoms with van der Waals surface area (Å²) in [7, 11) is 0. The molecular formula is C18H26N2O2. The summed E-state index contributed by atoms with van der Waals surface area (Å²) in [6.07, 6.45) is 6.55. The van der Waals surface area contributed by atoms with Gasteiger partial charge in [0.05, 0.1) is 6.10 Å². The Morgan fingerprint density at radius 2 is 1.86 bits per heavy atom. The predicted molar refractivity (Wildman–Crippen MR) is 88.1 cm³/mol. The summed E-state index contributed by atoms with van der Waals surface area (Å²) in [6.45, 7) is 3.90. The number of nitrogens with one attached hydrogen (secondary N) is 2. The molecule has 2 fully saturated rings. The van der Waals surface area contributed by atoms with E-state index in [0.29, 0.717) is 12.0 Å². The lowest BCUT2D eigenvalue weighted by atomic mass is 9.88. The number of hydrogen-bond acceptors (Lipinski definition) is 3. The van der Waals surface area contributed by atoms with Crippen LogP contribution in [0.4, 0.5) is 5.69 Å². The van der Waals surface area contributed by atoms with Gasteiger partial charge in [0, 0.05) is 11.6 Å². The first-order valence-corrected chi connectivity index (χ1v) is 8.50. The first kappa shape index (κ1) is 15.3. The smallest absolute Gasteiger partial charge is 0.227 e. The van der Waals surface area contributed by atoms with Gasteiger partial charge in [-0.05, 0) is 69.0 Å². The standard InChI is InChI=1S/C18H26N2O2/c1-13(14-11-19-12-14)18(21)20-15-7-9-17(10-8-15)22-16-5-3-2-4-6-16/h7-10,13-14,16,19H,2-6,11-12H2,1H3,(H,20,21). The average molecular weight is 302 g/mol. The number of carbonyl (C=O) groups excluding carboxylic acids is 1. The van der Waals surface area contributed by atoms with Gasteiger partial charge in [-0.1, -0.05) is 13.3 Å². The van der Waals surface area contributed by atoms with E-state index in [0.717, 1.165) is 37.4 Å². The lowest BCUT2D eigenvalue weighted by Crippen LogP contribution is -2.48. The van der Waals surface area contributed by atoms with E-state index in [2.05, 4.69) is 10.6 Å². The van der Waals surface area contributed by atoms with Crippen LogP contribution in [0.2, 0.25) is 0 Å². The second-order valence-corrected chi connectivity index (χ2v) is 6.60. The molecule has 1 atom stereocenters. The zero-order chi connectivity index (χ0) is 15.4. The molecule has 0 bridgehead atoms. The quantitative estimate of drug-likeness (QED) is 0.878. The Morgan fingerprint density at radius 1 is 1.18 bits per heavy atom. The van der Waals surface area contributed by atoms with Crippen molar-refractivity contribution in [3.8, 4) is 5.75 Å². The molecule has 4 nitrogen and oxygen atoms in total. The third-order valence-electron chi connectivity index (χ3n) is 4.91. The summed E-state index contributed by atoms with van der Waals surface area (Å²) < 4.78 is 6.01. The Labute approximate surface area is 132 Å². The molecule has 2 N–H and O–H groups in total. The highest BCUT2D eigenvalue weighted by molar-refractivity contribution is 5.92. The first-order chi connectivity index (χ1) is 10.7. The zero-order valence-corrected chi connectivity index (χ0v) is 13.3. The Kier molecular flexibility index (Phi) is 4.98. The van der Waals surface area contributed by atoms with Gasteiger partial charge in [0.1, 0.15) is 5.75 Å². The first-order valence-electron chi connectivity index (χ1n) is 8.50. The molecule has 0 radical (unpaired) electrons. The van der Waals surface area contributed by atoms with Gasteiger partial charge in [-0.15, -0.1) is 0 Å². The minimum absolute atomic E-state index is 0.0550. The summed E-state index contributed by atoms with van der Waals surface area (Å²) in [5, 5.41) is 6.21. The van der Waals surface area contributed by atoms with Crippen molar-refractivity contribution in [2.75, 3.05) is 18.4 Å². The second-order valence-electron chi connectivity index (χ2n) is 6.60. The third-order valence-corrected chi connectivity index (χ3v) is 4.91. The highest BCUT2D eigenvalue weighted by atomic mass is 16.5. The average Bonchev–Trinajstić information content (AvgIpc) is 2.48. The van der Waals surface area contributed by atoms with Crippen molar-refractivity contribution in [3.05, 3.63) is 24.3 Å². The monoisotopic (exact) mass is 302 g/mol. The van der Waals surface area contributed by atoms with Gasteiger partial charge in [0.15, 0.2) is 0 Å². The van der Waals surface area contributed by atoms with Crippen molar-refractivity contribution < 1.29 is 9.53 Å². The van der Waals surface area contributed by atoms with Crippen LogP contribution in [-0.4, -0.2) is 25.1 Å². The summed E-state index contributed by atoms with van der Waals surface area (Å²) in [4.78, 5) is 12.2. The van der Waals surface area contributed by atoms with Crippen molar-refractivity contribution in [3.63, 3.8) is 0 Å². The van der Waals surface area contributed by atoms with Crippen LogP contribution in [0.1, 0.15) is 39.0 Å². The summed E-state index contributed by atoms with van der Waals surface area (Å²) in [5.74, 6) is 1.53. The van der Waals surface area contributed by atoms with Gasteiger partial charge in [0.25, 0.3) is 0 Å². The van der Waals surface area contributed by atoms with Crippen molar-refractivity contribution in [2.45, 2.75) is 45.1 Å². The van der Waals surface area contributed by atoms with Crippen LogP contribution in [0.25, 0.3) is 0 Å². The Bertz CT molecular complexity index is 490. The van der Waals surface area contributed by atoms with Crippen LogP contribution in [-0.2, 0) is 4.79 Å². The molecule has 0 aromatic heterocycles. The molecule has 4 heteroatoms. The van der Waals surface area contributed by atoms with Crippen molar-refractivity contribution in [1.82, 2.24) is 5.32 Å². The fourth-order valence-corrected chi connectivity index (χ4v) is 3.13. The molecule has 1 heterocycles. The Balaban J connectivity index is 1.51. The van der Waals surface area contributed by atoms with Crippen LogP contribution < -0.4 is 15.4 Å². The van der Waals surface area contributed by atoms with E-state index < -0.39 is 0 Å². The molecule has 22 heavy (non-hydrogen) atoms. The normalized spacial score (nSPS) is 21.0. The number of ether oxygens (including phenoxy) is 1. The summed E-state index contributed by atoms with van der Waals surface area (Å²) in [6, 6.07) is 7.78. The largest absolute Gasteiger partial charge is 0.490 e. The van der Waals surface area contributed by atoms with Crippen LogP contribution in [0.3, 0.4) is 0 Å². The molecule has 1 amide bonds. The number of anilines is 1. The van der Waals surface area contributed by atoms with Crippen molar-refractivity contribution in [1.29, 1.82) is 0 Å². The Hall–Kier alpha value is -1.55. The maximum absolute atomic E-state index is 12.2. The lowest BCUT2D eigenvalue weighted by molar-refractivity contribution is -0.121. The Morgan fingerprint density at radius 3 is 2.45 bits per heavy atom. The van der Waals surface area contributed by atoms with Crippen LogP contribution in [0.15, 0.2) is 24.3 Å². The van der Waals surface area contributed by atoms with Crippen LogP contribution >= 0.6 is 0 Å². The van der Waals surface area contributed by atoms with Gasteiger partial charge < -0.3 is 15.4 Å². The number of amides is 1. The summed E-state index contributed by atoms with van der Waals surface area (Å²) >= 11 is 0. The van der Waals surface area contributed by atoms with Crippen LogP contribution in [0.5, 0.6) is 5.75 Å². The third kappa shape index (κ3) is 3.80. The van der Waals surface area contributed by atoms with E-state index in [9.17, 15) is 4.79 Å². The maximum Gasteiger partial charge on any atom is 0.227 e. The van der Waals surface area contributed by atoms with E-state index in [1.165, 1.54) is 19.3 Å². The fraction of sp³-hybridized carbons (Fsp3) is 0.611. The highest BCUT2D eigenvalue weighted by Gasteiger charge is 2.28. The lowest BCUT2D eigenvalue weighted by Gasteiger charge is -2.31. The van der Waals surface area contributed by atoms with Crippen molar-refractivity contribution in [2.24, 2.45) is 11.8 Å². The van der Waals surface area contributed by atoms with Gasteiger partial charge >= 0.3 is 0 Å². The molecule has 1 aromatic carbocycles. The van der Waals surface area contributed by atoms with E-state index in [1.54, 1.807) is 0 Å². The topological polar surface area (TPSA) is 50.4 Å². The second kappa shape index (κ2) is 7.14. The molecule has 1 aliphatic heterocycles. The molecule has 120 valence electrons. The maximum atomic E-state index is 12.2. The van der Waals surface area contributed by atoms with Crippen molar-refractivity contribution >= 4 is 11.6 Å². The van der Waals surface area contributed by atoms with Crippen LogP contribution in [0, 0.1) is 11.8 Å². The molecule has 3 rings (SSSR count). The van der Waals surface area contributed by atoms with E-state index in [1.807, 2.05) is 31.2 Å². The SMILES string of the molecule is CC(C(=O)Nc1ccc(OC2CCCCC2)cc1)C1CNC1. The minimum Gasteiger partial charge on any atom is -0.490 e. The predicted octanol–water partition coefficient (Wildman–Crippen LogP) is 3.19. The molecule has 1 saturated heterocycles. The number of hydrogen-bond donors (Lipinski definition) is 2. The highest BCUT2D eigenvalue weighted by Crippen LogP contribution is 2.25. The molecule has 1 unspecified atom stereocenters. The minimum atomic E-state index is 0.0550. The molecule has 0 spiro atoms. The zero-order valence-electron chi connectivity index (χ0n) is 13.3. The molecular weight excluding hydrogens is 276 g/mol. The van der Waals surface area contributed by atoms with Gasteiger partial charge in [-0.2, -0.15) is 0 Å². The molecule has 2 aliphatic rings. The van der Waals surface area contributed by atoms with Gasteiger partial charge in [-0.25, -0.2) is 0 Å².